The highest BCUT2D eigenvalue weighted by molar-refractivity contribution is 5.87. The Labute approximate surface area is 136 Å². The molecule has 0 radical (unpaired) electrons. The molecule has 1 amide bonds. The van der Waals surface area contributed by atoms with Crippen molar-refractivity contribution >= 4 is 11.9 Å². The summed E-state index contributed by atoms with van der Waals surface area (Å²) in [7, 11) is 0. The number of hydrogen-bond acceptors (Lipinski definition) is 3. The molecule has 2 aliphatic rings. The Kier molecular flexibility index (Phi) is 4.39. The van der Waals surface area contributed by atoms with Crippen LogP contribution >= 0.6 is 0 Å². The Hall–Kier alpha value is -1.88. The minimum atomic E-state index is -0.780. The van der Waals surface area contributed by atoms with Crippen LogP contribution in [0, 0.1) is 0 Å². The molecule has 124 valence electrons. The molecule has 5 nitrogen and oxygen atoms in total. The van der Waals surface area contributed by atoms with Gasteiger partial charge in [0.25, 0.3) is 0 Å². The minimum absolute atomic E-state index is 0.0535. The molecule has 1 spiro atoms. The van der Waals surface area contributed by atoms with Crippen molar-refractivity contribution in [3.8, 4) is 0 Å². The number of carboxylic acids is 1. The molecule has 1 unspecified atom stereocenters. The van der Waals surface area contributed by atoms with E-state index in [9.17, 15) is 9.59 Å². The molecular weight excluding hydrogens is 292 g/mol. The number of likely N-dealkylation sites (N-methyl/N-ethyl adjacent to an activating group) is 1. The zero-order chi connectivity index (χ0) is 16.4. The van der Waals surface area contributed by atoms with Crippen LogP contribution in [0.15, 0.2) is 30.3 Å². The molecule has 2 heterocycles. The van der Waals surface area contributed by atoms with Gasteiger partial charge in [-0.05, 0) is 31.7 Å². The van der Waals surface area contributed by atoms with E-state index >= 15 is 0 Å². The third-order valence-corrected chi connectivity index (χ3v) is 5.38. The fourth-order valence-corrected chi connectivity index (χ4v) is 4.23. The molecule has 0 aromatic heterocycles. The van der Waals surface area contributed by atoms with Crippen molar-refractivity contribution in [1.29, 1.82) is 0 Å². The number of piperidine rings is 1. The predicted molar refractivity (Wildman–Crippen MR) is 87.2 cm³/mol. The topological polar surface area (TPSA) is 60.9 Å². The second kappa shape index (κ2) is 6.32. The number of likely N-dealkylation sites (tertiary alicyclic amines) is 2. The van der Waals surface area contributed by atoms with Gasteiger partial charge in [0.05, 0.1) is 12.5 Å². The Bertz CT molecular complexity index is 579. The highest BCUT2D eigenvalue weighted by Crippen LogP contribution is 2.45. The average Bonchev–Trinajstić information content (AvgIpc) is 2.82. The van der Waals surface area contributed by atoms with Crippen molar-refractivity contribution in [3.63, 3.8) is 0 Å². The fourth-order valence-electron chi connectivity index (χ4n) is 4.23. The lowest BCUT2D eigenvalue weighted by Crippen LogP contribution is -2.53. The maximum absolute atomic E-state index is 12.9. The fraction of sp³-hybridized carbons (Fsp3) is 0.556. The first kappa shape index (κ1) is 16.0. The number of rotatable bonds is 4. The molecule has 2 aliphatic heterocycles. The SMILES string of the molecule is CCN1C(=O)C(c2ccccc2)CC12CCN(CC(=O)O)CC2. The van der Waals surface area contributed by atoms with E-state index in [1.165, 1.54) is 0 Å². The largest absolute Gasteiger partial charge is 0.480 e. The van der Waals surface area contributed by atoms with Crippen molar-refractivity contribution in [1.82, 2.24) is 9.80 Å². The molecule has 1 atom stereocenters. The predicted octanol–water partition coefficient (Wildman–Crippen LogP) is 1.94. The third kappa shape index (κ3) is 2.98. The zero-order valence-corrected chi connectivity index (χ0v) is 13.6. The summed E-state index contributed by atoms with van der Waals surface area (Å²) >= 11 is 0. The van der Waals surface area contributed by atoms with Crippen molar-refractivity contribution < 1.29 is 14.7 Å². The Balaban J connectivity index is 1.77. The van der Waals surface area contributed by atoms with Gasteiger partial charge in [-0.25, -0.2) is 0 Å². The standard InChI is InChI=1S/C18H24N2O3/c1-2-20-17(23)15(14-6-4-3-5-7-14)12-18(20)8-10-19(11-9-18)13-16(21)22/h3-7,15H,2,8-13H2,1H3,(H,21,22). The number of amides is 1. The summed E-state index contributed by atoms with van der Waals surface area (Å²) in [6, 6.07) is 10.0. The molecule has 3 rings (SSSR count). The summed E-state index contributed by atoms with van der Waals surface area (Å²) in [5, 5.41) is 8.95. The number of aliphatic carboxylic acids is 1. The van der Waals surface area contributed by atoms with Gasteiger partial charge < -0.3 is 10.0 Å². The number of carboxylic acid groups (broad SMARTS) is 1. The number of carbonyl (C=O) groups excluding carboxylic acids is 1. The van der Waals surface area contributed by atoms with E-state index in [1.807, 2.05) is 47.1 Å². The first-order valence-corrected chi connectivity index (χ1v) is 8.36. The molecular formula is C18H24N2O3. The molecule has 1 aromatic rings. The second-order valence-electron chi connectivity index (χ2n) is 6.64. The number of carbonyl (C=O) groups is 2. The highest BCUT2D eigenvalue weighted by Gasteiger charge is 2.51. The van der Waals surface area contributed by atoms with E-state index in [0.29, 0.717) is 0 Å². The van der Waals surface area contributed by atoms with E-state index in [2.05, 4.69) is 0 Å². The molecule has 5 heteroatoms. The Morgan fingerprint density at radius 2 is 1.91 bits per heavy atom. The number of nitrogens with zero attached hydrogens (tertiary/aromatic N) is 2. The van der Waals surface area contributed by atoms with Crippen LogP contribution in [0.2, 0.25) is 0 Å². The summed E-state index contributed by atoms with van der Waals surface area (Å²) in [6.07, 6.45) is 2.58. The van der Waals surface area contributed by atoms with Crippen LogP contribution in [0.25, 0.3) is 0 Å². The lowest BCUT2D eigenvalue weighted by molar-refractivity contribution is -0.140. The third-order valence-electron chi connectivity index (χ3n) is 5.38. The van der Waals surface area contributed by atoms with E-state index < -0.39 is 5.97 Å². The monoisotopic (exact) mass is 316 g/mol. The van der Waals surface area contributed by atoms with Gasteiger partial charge in [-0.2, -0.15) is 0 Å². The van der Waals surface area contributed by atoms with Crippen LogP contribution < -0.4 is 0 Å². The van der Waals surface area contributed by atoms with E-state index in [4.69, 9.17) is 5.11 Å². The van der Waals surface area contributed by atoms with Gasteiger partial charge in [-0.3, -0.25) is 14.5 Å². The molecule has 0 bridgehead atoms. The summed E-state index contributed by atoms with van der Waals surface area (Å²) < 4.78 is 0. The van der Waals surface area contributed by atoms with Crippen molar-refractivity contribution in [3.05, 3.63) is 35.9 Å². The van der Waals surface area contributed by atoms with E-state index in [-0.39, 0.29) is 23.9 Å². The van der Waals surface area contributed by atoms with Gasteiger partial charge in [-0.1, -0.05) is 30.3 Å². The highest BCUT2D eigenvalue weighted by atomic mass is 16.4. The van der Waals surface area contributed by atoms with E-state index in [1.54, 1.807) is 0 Å². The van der Waals surface area contributed by atoms with Crippen LogP contribution in [0.4, 0.5) is 0 Å². The summed E-state index contributed by atoms with van der Waals surface area (Å²) in [5.74, 6) is -0.606. The molecule has 2 saturated heterocycles. The average molecular weight is 316 g/mol. The minimum Gasteiger partial charge on any atom is -0.480 e. The lowest BCUT2D eigenvalue weighted by Gasteiger charge is -2.44. The zero-order valence-electron chi connectivity index (χ0n) is 13.6. The van der Waals surface area contributed by atoms with Crippen molar-refractivity contribution in [2.75, 3.05) is 26.2 Å². The summed E-state index contributed by atoms with van der Waals surface area (Å²) in [4.78, 5) is 27.8. The van der Waals surface area contributed by atoms with Gasteiger partial charge in [0.15, 0.2) is 0 Å². The number of hydrogen-bond donors (Lipinski definition) is 1. The van der Waals surface area contributed by atoms with Gasteiger partial charge in [0.2, 0.25) is 5.91 Å². The van der Waals surface area contributed by atoms with Crippen molar-refractivity contribution in [2.45, 2.75) is 37.6 Å². The van der Waals surface area contributed by atoms with Crippen LogP contribution in [0.1, 0.15) is 37.7 Å². The molecule has 0 aliphatic carbocycles. The van der Waals surface area contributed by atoms with Crippen LogP contribution in [-0.2, 0) is 9.59 Å². The van der Waals surface area contributed by atoms with Gasteiger partial charge in [0.1, 0.15) is 0 Å². The van der Waals surface area contributed by atoms with Crippen LogP contribution in [0.3, 0.4) is 0 Å². The van der Waals surface area contributed by atoms with Crippen LogP contribution in [0.5, 0.6) is 0 Å². The summed E-state index contributed by atoms with van der Waals surface area (Å²) in [6.45, 7) is 4.35. The summed E-state index contributed by atoms with van der Waals surface area (Å²) in [5.41, 5.74) is 1.00. The van der Waals surface area contributed by atoms with Crippen LogP contribution in [-0.4, -0.2) is 58.5 Å². The van der Waals surface area contributed by atoms with Crippen molar-refractivity contribution in [2.24, 2.45) is 0 Å². The first-order chi connectivity index (χ1) is 11.1. The molecule has 23 heavy (non-hydrogen) atoms. The Morgan fingerprint density at radius 1 is 1.26 bits per heavy atom. The molecule has 1 N–H and O–H groups in total. The maximum atomic E-state index is 12.9. The lowest BCUT2D eigenvalue weighted by atomic mass is 9.81. The number of benzene rings is 1. The molecule has 2 fully saturated rings. The Morgan fingerprint density at radius 3 is 2.48 bits per heavy atom. The first-order valence-electron chi connectivity index (χ1n) is 8.36. The van der Waals surface area contributed by atoms with E-state index in [0.717, 1.165) is 44.5 Å². The molecule has 0 saturated carbocycles. The van der Waals surface area contributed by atoms with Gasteiger partial charge >= 0.3 is 5.97 Å². The molecule has 1 aromatic carbocycles. The second-order valence-corrected chi connectivity index (χ2v) is 6.64. The normalized spacial score (nSPS) is 24.3. The van der Waals surface area contributed by atoms with Gasteiger partial charge in [0, 0.05) is 25.2 Å². The smallest absolute Gasteiger partial charge is 0.317 e. The van der Waals surface area contributed by atoms with Gasteiger partial charge in [-0.15, -0.1) is 0 Å². The maximum Gasteiger partial charge on any atom is 0.317 e. The quantitative estimate of drug-likeness (QED) is 0.922.